The molecule has 7 heteroatoms. The number of methoxy groups -OCH3 is 4. The van der Waals surface area contributed by atoms with Crippen LogP contribution in [0.5, 0.6) is 28.7 Å². The highest BCUT2D eigenvalue weighted by atomic mass is 16.5. The van der Waals surface area contributed by atoms with Gasteiger partial charge in [0.2, 0.25) is 5.75 Å². The zero-order valence-electron chi connectivity index (χ0n) is 19.4. The van der Waals surface area contributed by atoms with Gasteiger partial charge in [-0.15, -0.1) is 0 Å². The Bertz CT molecular complexity index is 850. The van der Waals surface area contributed by atoms with Gasteiger partial charge in [0.05, 0.1) is 40.6 Å². The monoisotopic (exact) mass is 432 g/mol. The Hall–Kier alpha value is -2.64. The first-order valence-corrected chi connectivity index (χ1v) is 10.9. The summed E-state index contributed by atoms with van der Waals surface area (Å²) in [6.45, 7) is 9.01. The fraction of sp³-hybridized carbons (Fsp3) is 0.500. The summed E-state index contributed by atoms with van der Waals surface area (Å²) in [5, 5.41) is 0. The van der Waals surface area contributed by atoms with Crippen LogP contribution in [-0.2, 0) is 13.1 Å². The molecule has 0 atom stereocenters. The minimum atomic E-state index is 0.633. The molecule has 2 N–H and O–H groups in total. The van der Waals surface area contributed by atoms with Gasteiger partial charge in [-0.25, -0.2) is 0 Å². The molecule has 1 aliphatic rings. The molecule has 170 valence electrons. The van der Waals surface area contributed by atoms with Gasteiger partial charge in [0, 0.05) is 5.56 Å². The quantitative estimate of drug-likeness (QED) is 0.576. The van der Waals surface area contributed by atoms with Gasteiger partial charge in [-0.2, -0.15) is 0 Å². The van der Waals surface area contributed by atoms with Gasteiger partial charge in [0.25, 0.3) is 0 Å². The number of piperazine rings is 1. The zero-order valence-corrected chi connectivity index (χ0v) is 19.4. The number of ether oxygens (including phenoxy) is 5. The highest BCUT2D eigenvalue weighted by molar-refractivity contribution is 5.55. The summed E-state index contributed by atoms with van der Waals surface area (Å²) in [6.07, 6.45) is 0. The summed E-state index contributed by atoms with van der Waals surface area (Å²) < 4.78 is 27.7. The van der Waals surface area contributed by atoms with Crippen molar-refractivity contribution in [2.24, 2.45) is 0 Å². The molecule has 0 aliphatic carbocycles. The minimum absolute atomic E-state index is 0.633. The van der Waals surface area contributed by atoms with Gasteiger partial charge >= 0.3 is 0 Å². The van der Waals surface area contributed by atoms with Crippen molar-refractivity contribution >= 4 is 0 Å². The van der Waals surface area contributed by atoms with Crippen LogP contribution in [0.1, 0.15) is 18.1 Å². The summed E-state index contributed by atoms with van der Waals surface area (Å²) in [6, 6.07) is 10.3. The largest absolute Gasteiger partial charge is 0.493 e. The number of hydrogen-bond acceptors (Lipinski definition) is 5. The molecule has 0 bridgehead atoms. The van der Waals surface area contributed by atoms with Crippen molar-refractivity contribution < 1.29 is 33.5 Å². The number of quaternary nitrogens is 2. The normalized spacial score (nSPS) is 18.4. The molecule has 1 fully saturated rings. The van der Waals surface area contributed by atoms with Crippen molar-refractivity contribution in [2.45, 2.75) is 20.0 Å². The predicted octanol–water partition coefficient (Wildman–Crippen LogP) is 0.603. The third-order valence-electron chi connectivity index (χ3n) is 5.87. The molecule has 1 aliphatic heterocycles. The summed E-state index contributed by atoms with van der Waals surface area (Å²) in [4.78, 5) is 3.15. The van der Waals surface area contributed by atoms with Crippen LogP contribution in [0, 0.1) is 0 Å². The van der Waals surface area contributed by atoms with Gasteiger partial charge in [0.1, 0.15) is 39.3 Å². The third kappa shape index (κ3) is 5.54. The molecule has 7 nitrogen and oxygen atoms in total. The summed E-state index contributed by atoms with van der Waals surface area (Å²) in [7, 11) is 6.65. The lowest BCUT2D eigenvalue weighted by Crippen LogP contribution is -3.27. The molecule has 0 amide bonds. The smallest absolute Gasteiger partial charge is 0.203 e. The molecule has 1 saturated heterocycles. The first kappa shape index (κ1) is 23.0. The van der Waals surface area contributed by atoms with E-state index in [1.165, 1.54) is 5.56 Å². The maximum atomic E-state index is 5.73. The molecular weight excluding hydrogens is 396 g/mol. The van der Waals surface area contributed by atoms with Crippen LogP contribution in [0.25, 0.3) is 0 Å². The van der Waals surface area contributed by atoms with Crippen LogP contribution in [0.3, 0.4) is 0 Å². The van der Waals surface area contributed by atoms with Gasteiger partial charge in [-0.05, 0) is 37.3 Å². The molecule has 0 saturated carbocycles. The number of hydrogen-bond donors (Lipinski definition) is 2. The topological polar surface area (TPSA) is 55.0 Å². The van der Waals surface area contributed by atoms with E-state index >= 15 is 0 Å². The van der Waals surface area contributed by atoms with E-state index < -0.39 is 0 Å². The molecule has 0 unspecified atom stereocenters. The zero-order chi connectivity index (χ0) is 22.2. The van der Waals surface area contributed by atoms with Crippen LogP contribution in [0.4, 0.5) is 0 Å². The molecule has 0 aromatic heterocycles. The summed E-state index contributed by atoms with van der Waals surface area (Å²) in [5.74, 6) is 3.74. The highest BCUT2D eigenvalue weighted by Gasteiger charge is 2.26. The van der Waals surface area contributed by atoms with E-state index in [1.54, 1.807) is 38.2 Å². The Morgan fingerprint density at radius 1 is 0.677 bits per heavy atom. The molecule has 0 spiro atoms. The molecule has 2 aromatic carbocycles. The van der Waals surface area contributed by atoms with Crippen LogP contribution in [0.2, 0.25) is 0 Å². The van der Waals surface area contributed by atoms with Crippen LogP contribution < -0.4 is 33.5 Å². The van der Waals surface area contributed by atoms with E-state index in [4.69, 9.17) is 23.7 Å². The Kier molecular flexibility index (Phi) is 8.26. The van der Waals surface area contributed by atoms with Crippen LogP contribution >= 0.6 is 0 Å². The maximum Gasteiger partial charge on any atom is 0.203 e. The van der Waals surface area contributed by atoms with E-state index in [1.807, 2.05) is 19.1 Å². The van der Waals surface area contributed by atoms with Gasteiger partial charge in [0.15, 0.2) is 23.0 Å². The van der Waals surface area contributed by atoms with Crippen LogP contribution in [0.15, 0.2) is 30.3 Å². The van der Waals surface area contributed by atoms with E-state index in [0.29, 0.717) is 18.1 Å². The molecule has 0 radical (unpaired) electrons. The van der Waals surface area contributed by atoms with Crippen molar-refractivity contribution in [3.05, 3.63) is 41.5 Å². The van der Waals surface area contributed by atoms with Gasteiger partial charge in [-0.3, -0.25) is 0 Å². The van der Waals surface area contributed by atoms with Crippen molar-refractivity contribution in [1.29, 1.82) is 0 Å². The standard InChI is InChI=1S/C24H34N2O5/c1-6-31-22-15-18(7-9-20(22)27-2)16-25-11-13-26(14-12-25)17-19-8-10-21(28-3)24(30-5)23(19)29-4/h7-10,15H,6,11-14,16-17H2,1-5H3/p+2. The second-order valence-corrected chi connectivity index (χ2v) is 7.77. The first-order chi connectivity index (χ1) is 15.1. The third-order valence-corrected chi connectivity index (χ3v) is 5.87. The Labute approximate surface area is 185 Å². The van der Waals surface area contributed by atoms with E-state index in [-0.39, 0.29) is 0 Å². The van der Waals surface area contributed by atoms with Crippen molar-refractivity contribution in [2.75, 3.05) is 61.2 Å². The number of benzene rings is 2. The second kappa shape index (κ2) is 11.1. The molecule has 31 heavy (non-hydrogen) atoms. The SMILES string of the molecule is CCOc1cc(C[NH+]2CC[NH+](Cc3ccc(OC)c(OC)c3OC)CC2)ccc1OC. The Balaban J connectivity index is 1.60. The first-order valence-electron chi connectivity index (χ1n) is 10.9. The lowest BCUT2D eigenvalue weighted by atomic mass is 10.1. The van der Waals surface area contributed by atoms with E-state index in [9.17, 15) is 0 Å². The second-order valence-electron chi connectivity index (χ2n) is 7.77. The van der Waals surface area contributed by atoms with Crippen LogP contribution in [-0.4, -0.2) is 61.2 Å². The Morgan fingerprint density at radius 2 is 1.29 bits per heavy atom. The van der Waals surface area contributed by atoms with Gasteiger partial charge in [-0.1, -0.05) is 0 Å². The van der Waals surface area contributed by atoms with Crippen molar-refractivity contribution in [3.63, 3.8) is 0 Å². The molecular formula is C24H36N2O5+2. The maximum absolute atomic E-state index is 5.73. The lowest BCUT2D eigenvalue weighted by molar-refractivity contribution is -1.02. The fourth-order valence-corrected chi connectivity index (χ4v) is 4.27. The van der Waals surface area contributed by atoms with Crippen molar-refractivity contribution in [1.82, 2.24) is 0 Å². The average Bonchev–Trinajstić information content (AvgIpc) is 2.80. The average molecular weight is 433 g/mol. The highest BCUT2D eigenvalue weighted by Crippen LogP contribution is 2.39. The predicted molar refractivity (Wildman–Crippen MR) is 119 cm³/mol. The number of nitrogens with one attached hydrogen (secondary N) is 2. The van der Waals surface area contributed by atoms with E-state index in [2.05, 4.69) is 18.2 Å². The van der Waals surface area contributed by atoms with Gasteiger partial charge < -0.3 is 33.5 Å². The van der Waals surface area contributed by atoms with Crippen molar-refractivity contribution in [3.8, 4) is 28.7 Å². The molecule has 3 rings (SSSR count). The molecule has 2 aromatic rings. The fourth-order valence-electron chi connectivity index (χ4n) is 4.27. The molecule has 1 heterocycles. The Morgan fingerprint density at radius 3 is 1.87 bits per heavy atom. The summed E-state index contributed by atoms with van der Waals surface area (Å²) in [5.41, 5.74) is 2.43. The minimum Gasteiger partial charge on any atom is -0.493 e. The van der Waals surface area contributed by atoms with E-state index in [0.717, 1.165) is 62.1 Å². The number of rotatable bonds is 10. The lowest BCUT2D eigenvalue weighted by Gasteiger charge is -2.30. The summed E-state index contributed by atoms with van der Waals surface area (Å²) >= 11 is 0.